The molecule has 6 unspecified atom stereocenters. The molecule has 2 heteroatoms. The molecule has 4 rings (SSSR count). The molecule has 0 radical (unpaired) electrons. The van der Waals surface area contributed by atoms with E-state index in [1.54, 1.807) is 6.92 Å². The largest absolute Gasteiger partial charge is 0.463 e. The van der Waals surface area contributed by atoms with Crippen molar-refractivity contribution >= 4 is 5.97 Å². The van der Waals surface area contributed by atoms with Gasteiger partial charge in [0.1, 0.15) is 6.10 Å². The lowest BCUT2D eigenvalue weighted by atomic mass is 9.44. The topological polar surface area (TPSA) is 26.3 Å². The van der Waals surface area contributed by atoms with E-state index in [0.29, 0.717) is 10.8 Å². The fourth-order valence-electron chi connectivity index (χ4n) is 10.2. The van der Waals surface area contributed by atoms with Crippen LogP contribution in [0, 0.1) is 58.2 Å². The van der Waals surface area contributed by atoms with Crippen LogP contribution in [0.1, 0.15) is 126 Å². The van der Waals surface area contributed by atoms with E-state index in [1.165, 1.54) is 64.2 Å². The summed E-state index contributed by atoms with van der Waals surface area (Å²) in [6.07, 6.45) is 16.6. The summed E-state index contributed by atoms with van der Waals surface area (Å²) in [6.45, 7) is 16.8. The van der Waals surface area contributed by atoms with Gasteiger partial charge in [-0.05, 0) is 122 Å². The van der Waals surface area contributed by atoms with Crippen LogP contribution in [-0.4, -0.2) is 12.1 Å². The maximum Gasteiger partial charge on any atom is 0.302 e. The summed E-state index contributed by atoms with van der Waals surface area (Å²) in [5, 5.41) is 0. The van der Waals surface area contributed by atoms with Crippen LogP contribution in [-0.2, 0) is 9.53 Å². The predicted octanol–water partition coefficient (Wildman–Crippen LogP) is 8.68. The third kappa shape index (κ3) is 4.67. The fourth-order valence-corrected chi connectivity index (χ4v) is 10.2. The lowest BCUT2D eigenvalue weighted by Crippen LogP contribution is -2.54. The van der Waals surface area contributed by atoms with Crippen LogP contribution >= 0.6 is 0 Å². The van der Waals surface area contributed by atoms with Gasteiger partial charge in [0.25, 0.3) is 0 Å². The smallest absolute Gasteiger partial charge is 0.302 e. The molecule has 4 aliphatic rings. The van der Waals surface area contributed by atoms with Crippen LogP contribution in [0.2, 0.25) is 0 Å². The van der Waals surface area contributed by atoms with Gasteiger partial charge < -0.3 is 4.74 Å². The first-order valence-corrected chi connectivity index (χ1v) is 14.8. The quantitative estimate of drug-likeness (QED) is 0.357. The summed E-state index contributed by atoms with van der Waals surface area (Å²) in [5.41, 5.74) is 1.06. The highest BCUT2D eigenvalue weighted by Gasteiger charge is 2.60. The summed E-state index contributed by atoms with van der Waals surface area (Å²) < 4.78 is 5.67. The molecule has 4 saturated carbocycles. The minimum Gasteiger partial charge on any atom is -0.463 e. The molecule has 0 aromatic heterocycles. The minimum atomic E-state index is -0.0875. The Balaban J connectivity index is 1.42. The summed E-state index contributed by atoms with van der Waals surface area (Å²) in [7, 11) is 0. The van der Waals surface area contributed by atoms with Gasteiger partial charge >= 0.3 is 5.97 Å². The molecule has 0 bridgehead atoms. The molecule has 0 aliphatic heterocycles. The van der Waals surface area contributed by atoms with E-state index in [1.807, 2.05) is 0 Å². The fraction of sp³-hybridized carbons (Fsp3) is 0.968. The van der Waals surface area contributed by atoms with Crippen molar-refractivity contribution in [3.8, 4) is 0 Å². The SMILES string of the molecule is CCC(CCC(C)[C@H]1CCC2C3CCC4C[C@@H](OC(C)=O)CC[C@]4(C)C3CC[C@@]21C)C(C)C. The highest BCUT2D eigenvalue weighted by molar-refractivity contribution is 5.66. The van der Waals surface area contributed by atoms with E-state index in [0.717, 1.165) is 60.2 Å². The van der Waals surface area contributed by atoms with Gasteiger partial charge in [-0.15, -0.1) is 0 Å². The Hall–Kier alpha value is -0.530. The molecule has 0 saturated heterocycles. The maximum absolute atomic E-state index is 11.5. The van der Waals surface area contributed by atoms with Crippen LogP contribution in [0.5, 0.6) is 0 Å². The first-order valence-electron chi connectivity index (χ1n) is 14.8. The van der Waals surface area contributed by atoms with Gasteiger partial charge in [-0.3, -0.25) is 4.79 Å². The molecular formula is C31H54O2. The highest BCUT2D eigenvalue weighted by atomic mass is 16.5. The average Bonchev–Trinajstić information content (AvgIpc) is 3.11. The average molecular weight is 459 g/mol. The van der Waals surface area contributed by atoms with Crippen LogP contribution in [0.3, 0.4) is 0 Å². The van der Waals surface area contributed by atoms with Crippen molar-refractivity contribution in [3.05, 3.63) is 0 Å². The molecule has 0 aromatic rings. The van der Waals surface area contributed by atoms with E-state index in [-0.39, 0.29) is 12.1 Å². The molecule has 0 heterocycles. The summed E-state index contributed by atoms with van der Waals surface area (Å²) in [6, 6.07) is 0. The lowest BCUT2D eigenvalue weighted by Gasteiger charge is -2.61. The van der Waals surface area contributed by atoms with Gasteiger partial charge in [0.2, 0.25) is 0 Å². The van der Waals surface area contributed by atoms with Crippen molar-refractivity contribution < 1.29 is 9.53 Å². The first-order chi connectivity index (χ1) is 15.6. The van der Waals surface area contributed by atoms with Crippen molar-refractivity contribution in [2.75, 3.05) is 0 Å². The Kier molecular flexibility index (Phi) is 7.63. The van der Waals surface area contributed by atoms with E-state index in [2.05, 4.69) is 41.5 Å². The zero-order chi connectivity index (χ0) is 24.0. The number of carbonyl (C=O) groups is 1. The third-order valence-electron chi connectivity index (χ3n) is 12.2. The van der Waals surface area contributed by atoms with Gasteiger partial charge in [-0.1, -0.05) is 54.4 Å². The molecule has 190 valence electrons. The number of hydrogen-bond donors (Lipinski definition) is 0. The molecule has 2 nitrogen and oxygen atoms in total. The van der Waals surface area contributed by atoms with Crippen molar-refractivity contribution in [2.45, 2.75) is 132 Å². The van der Waals surface area contributed by atoms with Gasteiger partial charge in [0.15, 0.2) is 0 Å². The second kappa shape index (κ2) is 9.85. The molecule has 0 aromatic carbocycles. The number of carbonyl (C=O) groups excluding carboxylic acids is 1. The summed E-state index contributed by atoms with van der Waals surface area (Å²) in [4.78, 5) is 11.5. The molecule has 0 N–H and O–H groups in total. The molecular weight excluding hydrogens is 404 g/mol. The van der Waals surface area contributed by atoms with Crippen LogP contribution in [0.15, 0.2) is 0 Å². The second-order valence-electron chi connectivity index (χ2n) is 13.9. The number of hydrogen-bond acceptors (Lipinski definition) is 2. The van der Waals surface area contributed by atoms with Crippen molar-refractivity contribution in [1.82, 2.24) is 0 Å². The van der Waals surface area contributed by atoms with E-state index >= 15 is 0 Å². The molecule has 0 spiro atoms. The van der Waals surface area contributed by atoms with Crippen LogP contribution in [0.4, 0.5) is 0 Å². The van der Waals surface area contributed by atoms with Gasteiger partial charge in [0, 0.05) is 6.92 Å². The Morgan fingerprint density at radius 3 is 2.27 bits per heavy atom. The third-order valence-corrected chi connectivity index (χ3v) is 12.2. The summed E-state index contributed by atoms with van der Waals surface area (Å²) >= 11 is 0. The van der Waals surface area contributed by atoms with Gasteiger partial charge in [0.05, 0.1) is 0 Å². The molecule has 10 atom stereocenters. The Morgan fingerprint density at radius 2 is 1.61 bits per heavy atom. The van der Waals surface area contributed by atoms with Gasteiger partial charge in [-0.25, -0.2) is 0 Å². The maximum atomic E-state index is 11.5. The number of esters is 1. The van der Waals surface area contributed by atoms with Crippen molar-refractivity contribution in [3.63, 3.8) is 0 Å². The second-order valence-corrected chi connectivity index (χ2v) is 13.9. The lowest BCUT2D eigenvalue weighted by molar-refractivity contribution is -0.160. The Morgan fingerprint density at radius 1 is 0.909 bits per heavy atom. The highest BCUT2D eigenvalue weighted by Crippen LogP contribution is 2.68. The van der Waals surface area contributed by atoms with Crippen molar-refractivity contribution in [1.29, 1.82) is 0 Å². The standard InChI is InChI=1S/C31H54O2/c1-8-23(20(2)3)10-9-21(4)27-13-14-28-26-12-11-24-19-25(33-22(5)32)15-17-30(24,6)29(26)16-18-31(27,28)7/h20-21,23-29H,8-19H2,1-7H3/t21?,23?,24?,25-,26?,27+,28?,29?,30-,31+/m0/s1. The Labute approximate surface area is 205 Å². The molecule has 4 aliphatic carbocycles. The number of ether oxygens (including phenoxy) is 1. The normalized spacial score (nSPS) is 44.5. The van der Waals surface area contributed by atoms with Crippen molar-refractivity contribution in [2.24, 2.45) is 58.2 Å². The Bertz CT molecular complexity index is 684. The number of rotatable bonds is 7. The van der Waals surface area contributed by atoms with Crippen LogP contribution in [0.25, 0.3) is 0 Å². The first kappa shape index (κ1) is 25.6. The monoisotopic (exact) mass is 458 g/mol. The van der Waals surface area contributed by atoms with E-state index in [9.17, 15) is 4.79 Å². The number of fused-ring (bicyclic) bond motifs is 5. The van der Waals surface area contributed by atoms with Crippen LogP contribution < -0.4 is 0 Å². The molecule has 4 fully saturated rings. The molecule has 33 heavy (non-hydrogen) atoms. The predicted molar refractivity (Wildman–Crippen MR) is 138 cm³/mol. The minimum absolute atomic E-state index is 0.0875. The van der Waals surface area contributed by atoms with Gasteiger partial charge in [-0.2, -0.15) is 0 Å². The van der Waals surface area contributed by atoms with E-state index < -0.39 is 0 Å². The zero-order valence-corrected chi connectivity index (χ0v) is 23.0. The zero-order valence-electron chi connectivity index (χ0n) is 23.0. The summed E-state index contributed by atoms with van der Waals surface area (Å²) in [5.74, 6) is 7.06. The molecule has 0 amide bonds. The van der Waals surface area contributed by atoms with E-state index in [4.69, 9.17) is 4.74 Å².